The Hall–Kier alpha value is -0.990. The molecule has 0 heterocycles. The molecule has 0 aromatic rings. The molecule has 0 aromatic carbocycles. The summed E-state index contributed by atoms with van der Waals surface area (Å²) in [4.78, 5) is 38.2. The molecule has 9 nitrogen and oxygen atoms in total. The Kier molecular flexibility index (Phi) is 73.4. The van der Waals surface area contributed by atoms with E-state index in [1.54, 1.807) is 0 Å². The molecule has 0 amide bonds. The van der Waals surface area contributed by atoms with Crippen LogP contribution in [0.3, 0.4) is 0 Å². The minimum atomic E-state index is -4.64. The van der Waals surface area contributed by atoms with Crippen molar-refractivity contribution in [1.82, 2.24) is 0 Å². The minimum absolute atomic E-state index is 0.0246. The number of rotatable bonds is 80. The first-order valence-corrected chi connectivity index (χ1v) is 43.2. The van der Waals surface area contributed by atoms with Gasteiger partial charge in [0.05, 0.1) is 27.7 Å². The standard InChI is InChI=1S/C82H164NO8P/c1-6-8-10-12-14-16-18-20-22-24-26-28-30-32-34-36-37-38-39-40-41-42-43-44-45-46-47-49-51-53-55-57-59-61-63-65-67-69-71-73-75-82(85)91-80(79-90-92(86,87)89-77-76-83(3,4)5)78-88-81(84)74-72-70-68-66-64-62-60-58-56-54-52-50-48-35-33-31-29-27-25-23-21-19-17-15-13-11-9-7-2/h80H,6-79H2,1-5H3. The molecular weight excluding hydrogens is 1160 g/mol. The molecule has 92 heavy (non-hydrogen) atoms. The highest BCUT2D eigenvalue weighted by Gasteiger charge is 2.22. The van der Waals surface area contributed by atoms with E-state index in [1.807, 2.05) is 21.1 Å². The third kappa shape index (κ3) is 78.0. The van der Waals surface area contributed by atoms with Crippen molar-refractivity contribution in [2.75, 3.05) is 47.5 Å². The highest BCUT2D eigenvalue weighted by Crippen LogP contribution is 2.38. The zero-order valence-electron chi connectivity index (χ0n) is 63.1. The van der Waals surface area contributed by atoms with Crippen molar-refractivity contribution in [3.05, 3.63) is 0 Å². The smallest absolute Gasteiger partial charge is 0.306 e. The van der Waals surface area contributed by atoms with E-state index in [-0.39, 0.29) is 32.0 Å². The van der Waals surface area contributed by atoms with E-state index in [4.69, 9.17) is 18.5 Å². The van der Waals surface area contributed by atoms with Crippen molar-refractivity contribution >= 4 is 19.8 Å². The van der Waals surface area contributed by atoms with Crippen LogP contribution in [0, 0.1) is 0 Å². The van der Waals surface area contributed by atoms with E-state index in [2.05, 4.69) is 13.8 Å². The van der Waals surface area contributed by atoms with Gasteiger partial charge in [-0.2, -0.15) is 0 Å². The van der Waals surface area contributed by atoms with Gasteiger partial charge in [0.25, 0.3) is 7.82 Å². The molecule has 0 aromatic heterocycles. The highest BCUT2D eigenvalue weighted by molar-refractivity contribution is 7.45. The molecule has 550 valence electrons. The zero-order valence-corrected chi connectivity index (χ0v) is 64.0. The summed E-state index contributed by atoms with van der Waals surface area (Å²) >= 11 is 0. The summed E-state index contributed by atoms with van der Waals surface area (Å²) in [6.45, 7) is 4.35. The van der Waals surface area contributed by atoms with Gasteiger partial charge in [0.15, 0.2) is 6.10 Å². The number of unbranched alkanes of at least 4 members (excludes halogenated alkanes) is 66. The monoisotopic (exact) mass is 1320 g/mol. The van der Waals surface area contributed by atoms with Crippen LogP contribution in [0.25, 0.3) is 0 Å². The largest absolute Gasteiger partial charge is 0.756 e. The highest BCUT2D eigenvalue weighted by atomic mass is 31.2. The van der Waals surface area contributed by atoms with Crippen LogP contribution < -0.4 is 4.89 Å². The van der Waals surface area contributed by atoms with Crippen LogP contribution in [0.4, 0.5) is 0 Å². The summed E-state index contributed by atoms with van der Waals surface area (Å²) in [5, 5.41) is 0. The van der Waals surface area contributed by atoms with Crippen LogP contribution in [0.15, 0.2) is 0 Å². The Bertz CT molecular complexity index is 1510. The van der Waals surface area contributed by atoms with Gasteiger partial charge in [-0.05, 0) is 12.8 Å². The summed E-state index contributed by atoms with van der Waals surface area (Å²) in [6, 6.07) is 0. The maximum atomic E-state index is 12.9. The lowest BCUT2D eigenvalue weighted by Crippen LogP contribution is -2.37. The molecule has 0 bridgehead atoms. The van der Waals surface area contributed by atoms with Crippen LogP contribution in [-0.4, -0.2) is 70.0 Å². The number of phosphoric acid groups is 1. The summed E-state index contributed by atoms with van der Waals surface area (Å²) < 4.78 is 34.4. The molecule has 0 aliphatic rings. The second-order valence-corrected chi connectivity index (χ2v) is 31.6. The van der Waals surface area contributed by atoms with Crippen LogP contribution in [0.1, 0.15) is 463 Å². The molecule has 10 heteroatoms. The van der Waals surface area contributed by atoms with E-state index < -0.39 is 26.5 Å². The second-order valence-electron chi connectivity index (χ2n) is 30.2. The first-order chi connectivity index (χ1) is 45.0. The maximum absolute atomic E-state index is 12.9. The maximum Gasteiger partial charge on any atom is 0.306 e. The van der Waals surface area contributed by atoms with E-state index in [0.29, 0.717) is 17.4 Å². The Balaban J connectivity index is 3.84. The Morgan fingerprint density at radius 3 is 0.696 bits per heavy atom. The molecular formula is C82H164NO8P. The van der Waals surface area contributed by atoms with Crippen molar-refractivity contribution in [3.8, 4) is 0 Å². The third-order valence-corrected chi connectivity index (χ3v) is 20.6. The van der Waals surface area contributed by atoms with Gasteiger partial charge in [-0.25, -0.2) is 0 Å². The third-order valence-electron chi connectivity index (χ3n) is 19.6. The summed E-state index contributed by atoms with van der Waals surface area (Å²) in [5.74, 6) is -0.800. The van der Waals surface area contributed by atoms with Crippen LogP contribution in [-0.2, 0) is 32.7 Å². The van der Waals surface area contributed by atoms with Crippen molar-refractivity contribution in [2.45, 2.75) is 469 Å². The van der Waals surface area contributed by atoms with E-state index in [1.165, 1.54) is 398 Å². The van der Waals surface area contributed by atoms with Gasteiger partial charge in [0.1, 0.15) is 19.8 Å². The lowest BCUT2D eigenvalue weighted by Gasteiger charge is -2.28. The van der Waals surface area contributed by atoms with E-state index in [9.17, 15) is 19.0 Å². The number of phosphoric ester groups is 1. The molecule has 2 unspecified atom stereocenters. The number of likely N-dealkylation sites (N-methyl/N-ethyl adjacent to an activating group) is 1. The first-order valence-electron chi connectivity index (χ1n) is 41.7. The molecule has 0 aliphatic carbocycles. The quantitative estimate of drug-likeness (QED) is 0.0256. The van der Waals surface area contributed by atoms with Gasteiger partial charge < -0.3 is 27.9 Å². The molecule has 0 radical (unpaired) electrons. The Labute approximate surface area is 575 Å². The molecule has 2 atom stereocenters. The second kappa shape index (κ2) is 74.2. The van der Waals surface area contributed by atoms with Gasteiger partial charge in [0.2, 0.25) is 0 Å². The van der Waals surface area contributed by atoms with Crippen molar-refractivity contribution < 1.29 is 42.1 Å². The number of esters is 2. The fraction of sp³-hybridized carbons (Fsp3) is 0.976. The molecule has 0 N–H and O–H groups in total. The van der Waals surface area contributed by atoms with Crippen LogP contribution >= 0.6 is 7.82 Å². The first kappa shape index (κ1) is 91.0. The fourth-order valence-corrected chi connectivity index (χ4v) is 14.0. The van der Waals surface area contributed by atoms with E-state index in [0.717, 1.165) is 32.1 Å². The number of carbonyl (C=O) groups is 2. The zero-order chi connectivity index (χ0) is 66.9. The molecule has 0 fully saturated rings. The van der Waals surface area contributed by atoms with Crippen molar-refractivity contribution in [1.29, 1.82) is 0 Å². The van der Waals surface area contributed by atoms with Gasteiger partial charge in [-0.3, -0.25) is 14.2 Å². The van der Waals surface area contributed by atoms with Gasteiger partial charge in [0, 0.05) is 12.8 Å². The number of nitrogens with zero attached hydrogens (tertiary/aromatic N) is 1. The summed E-state index contributed by atoms with van der Waals surface area (Å²) in [7, 11) is 1.20. The van der Waals surface area contributed by atoms with Crippen molar-refractivity contribution in [2.24, 2.45) is 0 Å². The van der Waals surface area contributed by atoms with Crippen molar-refractivity contribution in [3.63, 3.8) is 0 Å². The van der Waals surface area contributed by atoms with Crippen LogP contribution in [0.5, 0.6) is 0 Å². The van der Waals surface area contributed by atoms with Gasteiger partial charge >= 0.3 is 11.9 Å². The molecule has 0 saturated carbocycles. The topological polar surface area (TPSA) is 111 Å². The number of carbonyl (C=O) groups excluding carboxylic acids is 2. The molecule has 0 saturated heterocycles. The Morgan fingerprint density at radius 2 is 0.489 bits per heavy atom. The number of hydrogen-bond donors (Lipinski definition) is 0. The number of ether oxygens (including phenoxy) is 2. The number of hydrogen-bond acceptors (Lipinski definition) is 8. The van der Waals surface area contributed by atoms with Gasteiger partial charge in [-0.1, -0.05) is 438 Å². The Morgan fingerprint density at radius 1 is 0.293 bits per heavy atom. The minimum Gasteiger partial charge on any atom is -0.756 e. The predicted octanol–water partition coefficient (Wildman–Crippen LogP) is 27.0. The molecule has 0 rings (SSSR count). The lowest BCUT2D eigenvalue weighted by atomic mass is 10.0. The molecule has 0 spiro atoms. The average molecular weight is 1320 g/mol. The SMILES string of the molecule is CCCCCCCCCCCCCCCCCCCCCCCCCCCCCCCCCCCCCCCCCCC(=O)OC(COC(=O)CCCCCCCCCCCCCCCCCCCCCCCCCCCCCC)COP(=O)([O-])OCC[N+](C)(C)C. The normalized spacial score (nSPS) is 12.9. The lowest BCUT2D eigenvalue weighted by molar-refractivity contribution is -0.870. The fourth-order valence-electron chi connectivity index (χ4n) is 13.3. The summed E-state index contributed by atoms with van der Waals surface area (Å²) in [5.41, 5.74) is 0. The summed E-state index contributed by atoms with van der Waals surface area (Å²) in [6.07, 6.45) is 92.6. The van der Waals surface area contributed by atoms with E-state index >= 15 is 0 Å². The average Bonchev–Trinajstić information content (AvgIpc) is 1.95. The molecule has 0 aliphatic heterocycles. The predicted molar refractivity (Wildman–Crippen MR) is 398 cm³/mol. The van der Waals surface area contributed by atoms with Gasteiger partial charge in [-0.15, -0.1) is 0 Å². The van der Waals surface area contributed by atoms with Crippen LogP contribution in [0.2, 0.25) is 0 Å². The number of quaternary nitrogens is 1.